The lowest BCUT2D eigenvalue weighted by molar-refractivity contribution is -0.384. The van der Waals surface area contributed by atoms with Crippen molar-refractivity contribution in [3.05, 3.63) is 22.2 Å². The van der Waals surface area contributed by atoms with Crippen LogP contribution in [0.2, 0.25) is 0 Å². The van der Waals surface area contributed by atoms with Crippen LogP contribution in [0.5, 0.6) is 0 Å². The van der Waals surface area contributed by atoms with Crippen LogP contribution in [0.25, 0.3) is 0 Å². The number of nitrogens with two attached hydrogens (primary N) is 1. The molecule has 0 amide bonds. The van der Waals surface area contributed by atoms with Gasteiger partial charge in [0, 0.05) is 18.7 Å². The normalized spacial score (nSPS) is 12.2. The van der Waals surface area contributed by atoms with Gasteiger partial charge in [-0.1, -0.05) is 6.92 Å². The molecule has 1 unspecified atom stereocenters. The molecule has 17 heavy (non-hydrogen) atoms. The maximum absolute atomic E-state index is 10.6. The molecule has 0 saturated carbocycles. The van der Waals surface area contributed by atoms with Gasteiger partial charge in [-0.3, -0.25) is 10.1 Å². The van der Waals surface area contributed by atoms with Crippen molar-refractivity contribution in [1.82, 2.24) is 4.98 Å². The third kappa shape index (κ3) is 2.83. The predicted molar refractivity (Wildman–Crippen MR) is 68.1 cm³/mol. The molecule has 1 aromatic rings. The first-order valence-electron chi connectivity index (χ1n) is 5.68. The Hall–Kier alpha value is -1.85. The highest BCUT2D eigenvalue weighted by molar-refractivity contribution is 5.58. The van der Waals surface area contributed by atoms with E-state index >= 15 is 0 Å². The minimum atomic E-state index is -0.522. The summed E-state index contributed by atoms with van der Waals surface area (Å²) >= 11 is 0. The smallest absolute Gasteiger partial charge is 0.311 e. The summed E-state index contributed by atoms with van der Waals surface area (Å²) in [6.07, 6.45) is 0.979. The van der Waals surface area contributed by atoms with Gasteiger partial charge < -0.3 is 10.6 Å². The number of hydrogen-bond acceptors (Lipinski definition) is 5. The van der Waals surface area contributed by atoms with E-state index < -0.39 is 4.92 Å². The van der Waals surface area contributed by atoms with E-state index in [9.17, 15) is 10.1 Å². The molecule has 2 N–H and O–H groups in total. The van der Waals surface area contributed by atoms with Crippen molar-refractivity contribution >= 4 is 17.3 Å². The molecule has 0 bridgehead atoms. The molecular formula is C11H18N4O2. The van der Waals surface area contributed by atoms with E-state index in [0.29, 0.717) is 11.9 Å². The zero-order valence-corrected chi connectivity index (χ0v) is 10.4. The second-order valence-electron chi connectivity index (χ2n) is 3.87. The summed E-state index contributed by atoms with van der Waals surface area (Å²) in [7, 11) is 0. The third-order valence-electron chi connectivity index (χ3n) is 2.84. The topological polar surface area (TPSA) is 85.3 Å². The number of aromatic nitrogens is 1. The number of anilines is 2. The Balaban J connectivity index is 3.07. The standard InChI is InChI=1S/C11H18N4O2/c1-4-8(3)14(5-2)10-7-6-9(15(16)17)11(12)13-10/h6-8H,4-5H2,1-3H3,(H2,12,13). The minimum absolute atomic E-state index is 0.0331. The highest BCUT2D eigenvalue weighted by Gasteiger charge is 2.17. The van der Waals surface area contributed by atoms with Gasteiger partial charge in [0.25, 0.3) is 0 Å². The van der Waals surface area contributed by atoms with E-state index in [2.05, 4.69) is 23.7 Å². The molecule has 0 fully saturated rings. The molecule has 0 aliphatic rings. The fraction of sp³-hybridized carbons (Fsp3) is 0.545. The number of hydrogen-bond donors (Lipinski definition) is 1. The number of nitrogen functional groups attached to an aromatic ring is 1. The number of nitrogens with zero attached hydrogens (tertiary/aromatic N) is 3. The summed E-state index contributed by atoms with van der Waals surface area (Å²) in [5.41, 5.74) is 5.43. The van der Waals surface area contributed by atoms with E-state index in [1.54, 1.807) is 6.07 Å². The lowest BCUT2D eigenvalue weighted by Crippen LogP contribution is -2.33. The fourth-order valence-electron chi connectivity index (χ4n) is 1.69. The van der Waals surface area contributed by atoms with Crippen molar-refractivity contribution in [2.75, 3.05) is 17.2 Å². The molecule has 1 rings (SSSR count). The number of nitro groups is 1. The maximum atomic E-state index is 10.6. The molecule has 0 aliphatic heterocycles. The zero-order chi connectivity index (χ0) is 13.0. The third-order valence-corrected chi connectivity index (χ3v) is 2.84. The average Bonchev–Trinajstić information content (AvgIpc) is 2.29. The van der Waals surface area contributed by atoms with E-state index in [-0.39, 0.29) is 11.5 Å². The summed E-state index contributed by atoms with van der Waals surface area (Å²) in [4.78, 5) is 16.3. The van der Waals surface area contributed by atoms with Crippen molar-refractivity contribution in [3.8, 4) is 0 Å². The quantitative estimate of drug-likeness (QED) is 0.627. The van der Waals surface area contributed by atoms with Crippen molar-refractivity contribution in [2.45, 2.75) is 33.2 Å². The molecule has 0 aromatic carbocycles. The Bertz CT molecular complexity index is 408. The molecule has 1 atom stereocenters. The summed E-state index contributed by atoms with van der Waals surface area (Å²) in [5.74, 6) is 0.652. The summed E-state index contributed by atoms with van der Waals surface area (Å²) in [6.45, 7) is 6.98. The zero-order valence-electron chi connectivity index (χ0n) is 10.4. The molecular weight excluding hydrogens is 220 g/mol. The van der Waals surface area contributed by atoms with Crippen LogP contribution in [0, 0.1) is 10.1 Å². The Labute approximate surface area is 101 Å². The predicted octanol–water partition coefficient (Wildman–Crippen LogP) is 2.20. The molecule has 0 radical (unpaired) electrons. The molecule has 0 aliphatic carbocycles. The van der Waals surface area contributed by atoms with Crippen LogP contribution < -0.4 is 10.6 Å². The van der Waals surface area contributed by atoms with Gasteiger partial charge in [-0.05, 0) is 26.3 Å². The van der Waals surface area contributed by atoms with Crippen molar-refractivity contribution < 1.29 is 4.92 Å². The minimum Gasteiger partial charge on any atom is -0.378 e. The van der Waals surface area contributed by atoms with Gasteiger partial charge in [-0.15, -0.1) is 0 Å². The first kappa shape index (κ1) is 13.2. The average molecular weight is 238 g/mol. The summed E-state index contributed by atoms with van der Waals surface area (Å²) in [5, 5.41) is 10.6. The van der Waals surface area contributed by atoms with Crippen LogP contribution in [0.15, 0.2) is 12.1 Å². The van der Waals surface area contributed by atoms with Crippen LogP contribution in [0.1, 0.15) is 27.2 Å². The second-order valence-corrected chi connectivity index (χ2v) is 3.87. The lowest BCUT2D eigenvalue weighted by Gasteiger charge is -2.28. The van der Waals surface area contributed by atoms with Crippen LogP contribution >= 0.6 is 0 Å². The first-order chi connectivity index (χ1) is 8.01. The molecule has 1 aromatic heterocycles. The molecule has 94 valence electrons. The van der Waals surface area contributed by atoms with E-state index in [4.69, 9.17) is 5.73 Å². The number of pyridine rings is 1. The Kier molecular flexibility index (Phi) is 4.25. The first-order valence-corrected chi connectivity index (χ1v) is 5.68. The van der Waals surface area contributed by atoms with E-state index in [0.717, 1.165) is 13.0 Å². The maximum Gasteiger partial charge on any atom is 0.311 e. The van der Waals surface area contributed by atoms with Gasteiger partial charge in [-0.2, -0.15) is 0 Å². The summed E-state index contributed by atoms with van der Waals surface area (Å²) < 4.78 is 0. The van der Waals surface area contributed by atoms with E-state index in [1.807, 2.05) is 6.92 Å². The van der Waals surface area contributed by atoms with Gasteiger partial charge in [0.2, 0.25) is 5.82 Å². The van der Waals surface area contributed by atoms with Crippen molar-refractivity contribution in [1.29, 1.82) is 0 Å². The van der Waals surface area contributed by atoms with Crippen LogP contribution in [0.4, 0.5) is 17.3 Å². The summed E-state index contributed by atoms with van der Waals surface area (Å²) in [6, 6.07) is 3.38. The molecule has 1 heterocycles. The highest BCUT2D eigenvalue weighted by Crippen LogP contribution is 2.24. The molecule has 0 spiro atoms. The highest BCUT2D eigenvalue weighted by atomic mass is 16.6. The van der Waals surface area contributed by atoms with Crippen LogP contribution in [-0.2, 0) is 0 Å². The monoisotopic (exact) mass is 238 g/mol. The van der Waals surface area contributed by atoms with Crippen molar-refractivity contribution in [3.63, 3.8) is 0 Å². The Morgan fingerprint density at radius 1 is 1.53 bits per heavy atom. The van der Waals surface area contributed by atoms with E-state index in [1.165, 1.54) is 6.07 Å². The van der Waals surface area contributed by atoms with Crippen molar-refractivity contribution in [2.24, 2.45) is 0 Å². The largest absolute Gasteiger partial charge is 0.378 e. The van der Waals surface area contributed by atoms with Gasteiger partial charge >= 0.3 is 5.69 Å². The van der Waals surface area contributed by atoms with Gasteiger partial charge in [0.05, 0.1) is 4.92 Å². The Morgan fingerprint density at radius 2 is 2.18 bits per heavy atom. The van der Waals surface area contributed by atoms with Crippen LogP contribution in [-0.4, -0.2) is 22.5 Å². The molecule has 6 heteroatoms. The Morgan fingerprint density at radius 3 is 2.59 bits per heavy atom. The van der Waals surface area contributed by atoms with Gasteiger partial charge in [0.15, 0.2) is 0 Å². The molecule has 0 saturated heterocycles. The number of rotatable bonds is 5. The van der Waals surface area contributed by atoms with Gasteiger partial charge in [-0.25, -0.2) is 4.98 Å². The molecule has 6 nitrogen and oxygen atoms in total. The van der Waals surface area contributed by atoms with Crippen LogP contribution in [0.3, 0.4) is 0 Å². The lowest BCUT2D eigenvalue weighted by atomic mass is 10.2. The SMILES string of the molecule is CCC(C)N(CC)c1ccc([N+](=O)[O-])c(N)n1. The second kappa shape index (κ2) is 5.47. The fourth-order valence-corrected chi connectivity index (χ4v) is 1.69. The van der Waals surface area contributed by atoms with Gasteiger partial charge in [0.1, 0.15) is 5.82 Å².